The Morgan fingerprint density at radius 3 is 2.41 bits per heavy atom. The number of amides is 1. The predicted octanol–water partition coefficient (Wildman–Crippen LogP) is -4.20. The monoisotopic (exact) mass is 627 g/mol. The molecule has 3 saturated carbocycles. The second kappa shape index (κ2) is 13.3. The first-order chi connectivity index (χ1) is 20.7. The molecule has 5 rings (SSSR count). The molecule has 3 aliphatic carbocycles. The number of rotatable bonds is 10. The molecule has 5 aliphatic rings. The first-order valence-electron chi connectivity index (χ1n) is 15.9. The van der Waals surface area contributed by atoms with E-state index < -0.39 is 77.9 Å². The van der Waals surface area contributed by atoms with Crippen molar-refractivity contribution in [3.8, 4) is 0 Å². The Morgan fingerprint density at radius 1 is 1.07 bits per heavy atom. The van der Waals surface area contributed by atoms with E-state index in [0.29, 0.717) is 24.6 Å². The average molecular weight is 628 g/mol. The van der Waals surface area contributed by atoms with Gasteiger partial charge < -0.3 is 73.5 Å². The van der Waals surface area contributed by atoms with Crippen molar-refractivity contribution in [3.63, 3.8) is 0 Å². The van der Waals surface area contributed by atoms with Crippen LogP contribution in [-0.4, -0.2) is 131 Å². The third kappa shape index (κ3) is 6.94. The molecule has 11 atom stereocenters. The van der Waals surface area contributed by atoms with Crippen LogP contribution < -0.4 is 38.9 Å². The quantitative estimate of drug-likeness (QED) is 0.110. The molecule has 0 aromatic carbocycles. The summed E-state index contributed by atoms with van der Waals surface area (Å²) in [6.07, 6.45) is -0.777. The number of nitrogens with two attached hydrogens (primary N) is 4. The Labute approximate surface area is 258 Å². The van der Waals surface area contributed by atoms with Crippen LogP contribution in [-0.2, 0) is 19.0 Å². The van der Waals surface area contributed by atoms with E-state index in [1.807, 2.05) is 6.08 Å². The fourth-order valence-electron chi connectivity index (χ4n) is 7.61. The van der Waals surface area contributed by atoms with Crippen molar-refractivity contribution in [2.45, 2.75) is 124 Å². The molecule has 0 radical (unpaired) electrons. The first-order valence-corrected chi connectivity index (χ1v) is 15.9. The number of carbonyl (C=O) groups excluding carboxylic acids is 1. The summed E-state index contributed by atoms with van der Waals surface area (Å²) in [6.45, 7) is 2.72. The molecule has 252 valence electrons. The maximum atomic E-state index is 13.1. The van der Waals surface area contributed by atoms with Crippen molar-refractivity contribution in [3.05, 3.63) is 11.8 Å². The van der Waals surface area contributed by atoms with Crippen molar-refractivity contribution in [1.82, 2.24) is 16.0 Å². The van der Waals surface area contributed by atoms with Crippen molar-refractivity contribution in [2.24, 2.45) is 34.8 Å². The Morgan fingerprint density at radius 2 is 1.77 bits per heavy atom. The predicted molar refractivity (Wildman–Crippen MR) is 159 cm³/mol. The van der Waals surface area contributed by atoms with Crippen LogP contribution in [0.15, 0.2) is 11.8 Å². The van der Waals surface area contributed by atoms with Gasteiger partial charge in [0.25, 0.3) is 5.91 Å². The minimum absolute atomic E-state index is 0.110. The highest BCUT2D eigenvalue weighted by Gasteiger charge is 2.55. The molecule has 1 saturated heterocycles. The lowest BCUT2D eigenvalue weighted by Gasteiger charge is -2.51. The van der Waals surface area contributed by atoms with Crippen molar-refractivity contribution >= 4 is 5.91 Å². The standard InChI is InChI=1S/C29H53N7O8/c1-28(40)12-42-26(22(38)25(28)34-2)44-24-19(36-27(39)29(41)8-15(31)9-29)7-18(33)20(21(24)37)23-17(32)4-3-16(43-23)11-35-10-13-5-14(30)6-13/h3,13-15,17-26,34-35,37-38,40-41H,4-12,30-33H2,1-2H3,(H,36,39)/t13?,14?,15?,17-,18+,19-,20-,21+,22-,23?,24+,25-,26-,28+,29?/m1/s1. The minimum atomic E-state index is -1.63. The van der Waals surface area contributed by atoms with E-state index in [1.54, 1.807) is 7.05 Å². The second-order valence-electron chi connectivity index (χ2n) is 14.0. The largest absolute Gasteiger partial charge is 0.492 e. The number of nitrogens with one attached hydrogen (secondary N) is 3. The lowest BCUT2D eigenvalue weighted by atomic mass is 9.71. The molecule has 0 spiro atoms. The van der Waals surface area contributed by atoms with Gasteiger partial charge in [0.15, 0.2) is 6.29 Å². The van der Waals surface area contributed by atoms with Gasteiger partial charge in [-0.2, -0.15) is 0 Å². The summed E-state index contributed by atoms with van der Waals surface area (Å²) in [5.74, 6) is -0.0729. The van der Waals surface area contributed by atoms with E-state index in [9.17, 15) is 25.2 Å². The van der Waals surface area contributed by atoms with Crippen LogP contribution in [0.5, 0.6) is 0 Å². The van der Waals surface area contributed by atoms with Gasteiger partial charge in [0.2, 0.25) is 0 Å². The second-order valence-corrected chi connectivity index (χ2v) is 14.0. The molecule has 15 N–H and O–H groups in total. The molecule has 2 heterocycles. The van der Waals surface area contributed by atoms with E-state index in [1.165, 1.54) is 6.92 Å². The number of aliphatic hydroxyl groups is 4. The molecule has 1 amide bonds. The van der Waals surface area contributed by atoms with Crippen LogP contribution in [0.25, 0.3) is 0 Å². The number of hydrogen-bond donors (Lipinski definition) is 11. The summed E-state index contributed by atoms with van der Waals surface area (Å²) in [5, 5.41) is 53.6. The number of ether oxygens (including phenoxy) is 3. The van der Waals surface area contributed by atoms with Gasteiger partial charge in [-0.05, 0) is 58.2 Å². The van der Waals surface area contributed by atoms with Crippen LogP contribution in [0.2, 0.25) is 0 Å². The van der Waals surface area contributed by atoms with Crippen LogP contribution in [0.1, 0.15) is 45.4 Å². The zero-order valence-corrected chi connectivity index (χ0v) is 25.7. The lowest BCUT2D eigenvalue weighted by Crippen LogP contribution is -2.70. The molecule has 15 heteroatoms. The zero-order valence-electron chi connectivity index (χ0n) is 25.7. The maximum absolute atomic E-state index is 13.1. The summed E-state index contributed by atoms with van der Waals surface area (Å²) in [7, 11) is 1.60. The van der Waals surface area contributed by atoms with E-state index in [0.717, 1.165) is 19.4 Å². The smallest absolute Gasteiger partial charge is 0.252 e. The molecule has 0 bridgehead atoms. The topological polar surface area (TPSA) is 266 Å². The number of aliphatic hydroxyl groups excluding tert-OH is 2. The molecular formula is C29H53N7O8. The van der Waals surface area contributed by atoms with E-state index in [-0.39, 0.29) is 38.0 Å². The van der Waals surface area contributed by atoms with Crippen molar-refractivity contribution in [1.29, 1.82) is 0 Å². The highest BCUT2D eigenvalue weighted by molar-refractivity contribution is 5.86. The summed E-state index contributed by atoms with van der Waals surface area (Å²) in [4.78, 5) is 13.1. The normalized spacial score (nSPS) is 49.2. The van der Waals surface area contributed by atoms with Crippen molar-refractivity contribution < 1.29 is 39.4 Å². The fourth-order valence-corrected chi connectivity index (χ4v) is 7.61. The Balaban J connectivity index is 1.31. The van der Waals surface area contributed by atoms with Crippen LogP contribution in [0.3, 0.4) is 0 Å². The highest BCUT2D eigenvalue weighted by atomic mass is 16.7. The maximum Gasteiger partial charge on any atom is 0.252 e. The lowest BCUT2D eigenvalue weighted by molar-refractivity contribution is -0.297. The molecular weight excluding hydrogens is 574 g/mol. The third-order valence-corrected chi connectivity index (χ3v) is 10.2. The van der Waals surface area contributed by atoms with Gasteiger partial charge in [0.05, 0.1) is 31.3 Å². The molecule has 4 fully saturated rings. The van der Waals surface area contributed by atoms with Gasteiger partial charge in [-0.3, -0.25) is 4.79 Å². The minimum Gasteiger partial charge on any atom is -0.492 e. The van der Waals surface area contributed by atoms with Crippen molar-refractivity contribution in [2.75, 3.05) is 26.7 Å². The Hall–Kier alpha value is -1.47. The summed E-state index contributed by atoms with van der Waals surface area (Å²) < 4.78 is 18.3. The Kier molecular flexibility index (Phi) is 10.3. The SMILES string of the molecule is CN[C@@H]1[C@@H](O)[C@@H](O[C@@H]2[C@@H](O)[C@H](C3OC(CNCC4CC(N)C4)=CC[C@H]3N)[C@@H](N)C[C@H]2NC(=O)C2(O)CC(N)C2)OC[C@]1(C)O. The van der Waals surface area contributed by atoms with Crippen LogP contribution in [0.4, 0.5) is 0 Å². The molecule has 0 aromatic heterocycles. The fraction of sp³-hybridized carbons (Fsp3) is 0.897. The van der Waals surface area contributed by atoms with Crippen LogP contribution in [0, 0.1) is 11.8 Å². The summed E-state index contributed by atoms with van der Waals surface area (Å²) >= 11 is 0. The summed E-state index contributed by atoms with van der Waals surface area (Å²) in [5.41, 5.74) is 21.9. The number of hydrogen-bond acceptors (Lipinski definition) is 14. The van der Waals surface area contributed by atoms with Gasteiger partial charge >= 0.3 is 0 Å². The van der Waals surface area contributed by atoms with E-state index >= 15 is 0 Å². The molecule has 44 heavy (non-hydrogen) atoms. The van der Waals surface area contributed by atoms with Crippen LogP contribution >= 0.6 is 0 Å². The molecule has 1 unspecified atom stereocenters. The average Bonchev–Trinajstić information content (AvgIpc) is 2.91. The van der Waals surface area contributed by atoms with Gasteiger partial charge in [-0.15, -0.1) is 0 Å². The molecule has 0 aromatic rings. The molecule has 15 nitrogen and oxygen atoms in total. The van der Waals surface area contributed by atoms with Gasteiger partial charge in [-0.1, -0.05) is 0 Å². The number of likely N-dealkylation sites (N-methyl/N-ethyl adjacent to an activating group) is 1. The van der Waals surface area contributed by atoms with Gasteiger partial charge in [0, 0.05) is 42.9 Å². The van der Waals surface area contributed by atoms with E-state index in [4.69, 9.17) is 37.1 Å². The molecule has 2 aliphatic heterocycles. The van der Waals surface area contributed by atoms with E-state index in [2.05, 4.69) is 16.0 Å². The summed E-state index contributed by atoms with van der Waals surface area (Å²) in [6, 6.07) is -2.77. The van der Waals surface area contributed by atoms with Gasteiger partial charge in [-0.25, -0.2) is 0 Å². The number of carbonyl (C=O) groups is 1. The first kappa shape index (κ1) is 33.9. The van der Waals surface area contributed by atoms with Gasteiger partial charge in [0.1, 0.15) is 35.3 Å². The zero-order chi connectivity index (χ0) is 32.0. The highest BCUT2D eigenvalue weighted by Crippen LogP contribution is 2.38. The third-order valence-electron chi connectivity index (χ3n) is 10.2. The Bertz CT molecular complexity index is 1040.